The molecule has 3 heterocycles. The molecule has 26 heavy (non-hydrogen) atoms. The van der Waals surface area contributed by atoms with Gasteiger partial charge in [-0.25, -0.2) is 14.6 Å². The standard InChI is InChI=1S/C18H13N7O/c19-10-15(13-11-22-25(12-13)14-4-2-1-3-5-14)23-18(26)16-17-21-7-9-24(17)8-6-20-16/h1-9,11-12,15H,(H,23,26). The van der Waals surface area contributed by atoms with Crippen molar-refractivity contribution in [2.75, 3.05) is 0 Å². The fraction of sp³-hybridized carbons (Fsp3) is 0.0556. The molecule has 0 fully saturated rings. The van der Waals surface area contributed by atoms with Gasteiger partial charge >= 0.3 is 0 Å². The number of nitrogens with one attached hydrogen (secondary N) is 1. The van der Waals surface area contributed by atoms with Gasteiger partial charge in [0.1, 0.15) is 6.04 Å². The number of hydrogen-bond donors (Lipinski definition) is 1. The number of para-hydroxylation sites is 1. The molecule has 1 amide bonds. The summed E-state index contributed by atoms with van der Waals surface area (Å²) in [5.74, 6) is -0.471. The number of amides is 1. The lowest BCUT2D eigenvalue weighted by Gasteiger charge is -2.09. The smallest absolute Gasteiger partial charge is 0.275 e. The van der Waals surface area contributed by atoms with Gasteiger partial charge in [-0.05, 0) is 12.1 Å². The molecule has 0 spiro atoms. The molecule has 0 saturated carbocycles. The maximum atomic E-state index is 12.6. The molecular weight excluding hydrogens is 330 g/mol. The van der Waals surface area contributed by atoms with Gasteiger partial charge in [-0.3, -0.25) is 4.79 Å². The first-order chi connectivity index (χ1) is 12.8. The largest absolute Gasteiger partial charge is 0.331 e. The summed E-state index contributed by atoms with van der Waals surface area (Å²) in [5, 5.41) is 16.4. The van der Waals surface area contributed by atoms with Crippen molar-refractivity contribution in [2.45, 2.75) is 6.04 Å². The van der Waals surface area contributed by atoms with Gasteiger partial charge in [-0.1, -0.05) is 18.2 Å². The SMILES string of the molecule is N#CC(NC(=O)c1nccn2ccnc12)c1cnn(-c2ccccc2)c1. The van der Waals surface area contributed by atoms with Gasteiger partial charge in [0.05, 0.1) is 18.0 Å². The molecule has 3 aromatic heterocycles. The summed E-state index contributed by atoms with van der Waals surface area (Å²) < 4.78 is 3.34. The van der Waals surface area contributed by atoms with E-state index in [-0.39, 0.29) is 5.69 Å². The van der Waals surface area contributed by atoms with E-state index < -0.39 is 11.9 Å². The number of nitrogens with zero attached hydrogens (tertiary/aromatic N) is 6. The van der Waals surface area contributed by atoms with Gasteiger partial charge in [0.2, 0.25) is 0 Å². The number of aromatic nitrogens is 5. The number of hydrogen-bond acceptors (Lipinski definition) is 5. The molecule has 0 saturated heterocycles. The molecule has 126 valence electrons. The Hall–Kier alpha value is -3.99. The van der Waals surface area contributed by atoms with Crippen LogP contribution in [0.3, 0.4) is 0 Å². The van der Waals surface area contributed by atoms with E-state index in [9.17, 15) is 10.1 Å². The summed E-state index contributed by atoms with van der Waals surface area (Å²) >= 11 is 0. The Morgan fingerprint density at radius 3 is 2.69 bits per heavy atom. The van der Waals surface area contributed by atoms with Crippen LogP contribution in [0.15, 0.2) is 67.5 Å². The van der Waals surface area contributed by atoms with Crippen LogP contribution in [0.25, 0.3) is 11.3 Å². The Balaban J connectivity index is 1.59. The quantitative estimate of drug-likeness (QED) is 0.610. The van der Waals surface area contributed by atoms with Crippen molar-refractivity contribution in [1.29, 1.82) is 5.26 Å². The highest BCUT2D eigenvalue weighted by molar-refractivity contribution is 5.98. The van der Waals surface area contributed by atoms with Crippen LogP contribution in [-0.2, 0) is 0 Å². The topological polar surface area (TPSA) is 101 Å². The van der Waals surface area contributed by atoms with E-state index in [0.717, 1.165) is 5.69 Å². The van der Waals surface area contributed by atoms with Gasteiger partial charge in [-0.15, -0.1) is 0 Å². The molecule has 4 rings (SSSR count). The highest BCUT2D eigenvalue weighted by atomic mass is 16.2. The average molecular weight is 343 g/mol. The molecule has 1 aromatic carbocycles. The maximum Gasteiger partial charge on any atom is 0.275 e. The number of carbonyl (C=O) groups excluding carboxylic acids is 1. The monoisotopic (exact) mass is 343 g/mol. The summed E-state index contributed by atoms with van der Waals surface area (Å²) in [6.07, 6.45) is 9.79. The number of fused-ring (bicyclic) bond motifs is 1. The normalized spacial score (nSPS) is 11.8. The Bertz CT molecular complexity index is 1110. The number of nitriles is 1. The zero-order valence-electron chi connectivity index (χ0n) is 13.5. The third-order valence-corrected chi connectivity index (χ3v) is 3.89. The van der Waals surface area contributed by atoms with Gasteiger partial charge in [-0.2, -0.15) is 10.4 Å². The predicted molar refractivity (Wildman–Crippen MR) is 92.4 cm³/mol. The van der Waals surface area contributed by atoms with E-state index >= 15 is 0 Å². The number of benzene rings is 1. The molecule has 1 atom stereocenters. The lowest BCUT2D eigenvalue weighted by Crippen LogP contribution is -2.28. The third-order valence-electron chi connectivity index (χ3n) is 3.89. The van der Waals surface area contributed by atoms with Crippen LogP contribution in [0, 0.1) is 11.3 Å². The zero-order valence-corrected chi connectivity index (χ0v) is 13.5. The Labute approximate surface area is 148 Å². The first-order valence-electron chi connectivity index (χ1n) is 7.84. The van der Waals surface area contributed by atoms with Crippen LogP contribution in [-0.4, -0.2) is 30.1 Å². The minimum Gasteiger partial charge on any atom is -0.331 e. The molecule has 1 unspecified atom stereocenters. The average Bonchev–Trinajstić information content (AvgIpc) is 3.35. The molecule has 0 radical (unpaired) electrons. The van der Waals surface area contributed by atoms with Crippen molar-refractivity contribution < 1.29 is 4.79 Å². The van der Waals surface area contributed by atoms with E-state index in [0.29, 0.717) is 11.2 Å². The first-order valence-corrected chi connectivity index (χ1v) is 7.84. The van der Waals surface area contributed by atoms with Crippen molar-refractivity contribution in [1.82, 2.24) is 29.5 Å². The van der Waals surface area contributed by atoms with E-state index in [4.69, 9.17) is 0 Å². The summed E-state index contributed by atoms with van der Waals surface area (Å²) in [6.45, 7) is 0. The van der Waals surface area contributed by atoms with Crippen LogP contribution >= 0.6 is 0 Å². The molecule has 8 nitrogen and oxygen atoms in total. The van der Waals surface area contributed by atoms with Gasteiger partial charge in [0.15, 0.2) is 11.3 Å². The van der Waals surface area contributed by atoms with Crippen LogP contribution in [0.1, 0.15) is 22.1 Å². The molecular formula is C18H13N7O. The van der Waals surface area contributed by atoms with Crippen LogP contribution in [0.2, 0.25) is 0 Å². The number of imidazole rings is 1. The van der Waals surface area contributed by atoms with E-state index in [1.54, 1.807) is 40.1 Å². The van der Waals surface area contributed by atoms with Crippen molar-refractivity contribution in [2.24, 2.45) is 0 Å². The maximum absolute atomic E-state index is 12.6. The Morgan fingerprint density at radius 1 is 1.15 bits per heavy atom. The third kappa shape index (κ3) is 2.78. The minimum atomic E-state index is -0.850. The molecule has 0 aliphatic rings. The van der Waals surface area contributed by atoms with Crippen molar-refractivity contribution >= 4 is 11.6 Å². The summed E-state index contributed by atoms with van der Waals surface area (Å²) in [6, 6.07) is 10.8. The highest BCUT2D eigenvalue weighted by Crippen LogP contribution is 2.15. The molecule has 8 heteroatoms. The first kappa shape index (κ1) is 15.5. The summed E-state index contributed by atoms with van der Waals surface area (Å²) in [7, 11) is 0. The summed E-state index contributed by atoms with van der Waals surface area (Å²) in [5.41, 5.74) is 2.04. The van der Waals surface area contributed by atoms with Crippen LogP contribution < -0.4 is 5.32 Å². The molecule has 0 bridgehead atoms. The second-order valence-corrected chi connectivity index (χ2v) is 5.52. The molecule has 1 N–H and O–H groups in total. The molecule has 4 aromatic rings. The van der Waals surface area contributed by atoms with Crippen LogP contribution in [0.5, 0.6) is 0 Å². The predicted octanol–water partition coefficient (Wildman–Crippen LogP) is 1.91. The molecule has 0 aliphatic heterocycles. The second kappa shape index (κ2) is 6.49. The lowest BCUT2D eigenvalue weighted by atomic mass is 10.2. The Morgan fingerprint density at radius 2 is 1.92 bits per heavy atom. The molecule has 0 aliphatic carbocycles. The number of rotatable bonds is 4. The van der Waals surface area contributed by atoms with Gasteiger partial charge in [0, 0.05) is 36.5 Å². The fourth-order valence-electron chi connectivity index (χ4n) is 2.61. The fourth-order valence-corrected chi connectivity index (χ4v) is 2.61. The van der Waals surface area contributed by atoms with Crippen LogP contribution in [0.4, 0.5) is 0 Å². The highest BCUT2D eigenvalue weighted by Gasteiger charge is 2.20. The van der Waals surface area contributed by atoms with Crippen molar-refractivity contribution in [3.63, 3.8) is 0 Å². The van der Waals surface area contributed by atoms with Gasteiger partial charge in [0.25, 0.3) is 5.91 Å². The number of carbonyl (C=O) groups is 1. The lowest BCUT2D eigenvalue weighted by molar-refractivity contribution is 0.0941. The Kier molecular flexibility index (Phi) is 3.88. The van der Waals surface area contributed by atoms with Crippen molar-refractivity contribution in [3.05, 3.63) is 78.8 Å². The van der Waals surface area contributed by atoms with E-state index in [1.807, 2.05) is 30.3 Å². The summed E-state index contributed by atoms with van der Waals surface area (Å²) in [4.78, 5) is 20.8. The minimum absolute atomic E-state index is 0.160. The van der Waals surface area contributed by atoms with E-state index in [2.05, 4.69) is 26.5 Å². The van der Waals surface area contributed by atoms with E-state index in [1.165, 1.54) is 6.20 Å². The van der Waals surface area contributed by atoms with Gasteiger partial charge < -0.3 is 9.72 Å². The van der Waals surface area contributed by atoms with Crippen molar-refractivity contribution in [3.8, 4) is 11.8 Å². The second-order valence-electron chi connectivity index (χ2n) is 5.52. The zero-order chi connectivity index (χ0) is 17.9.